The van der Waals surface area contributed by atoms with Crippen LogP contribution in [0.3, 0.4) is 0 Å². The van der Waals surface area contributed by atoms with Gasteiger partial charge in [0.2, 0.25) is 11.8 Å². The van der Waals surface area contributed by atoms with E-state index in [1.54, 1.807) is 25.3 Å². The fraction of sp³-hybridized carbons (Fsp3) is 0.467. The Kier molecular flexibility index (Phi) is 6.03. The third-order valence-corrected chi connectivity index (χ3v) is 2.95. The summed E-state index contributed by atoms with van der Waals surface area (Å²) in [6.45, 7) is 5.37. The highest BCUT2D eigenvalue weighted by Gasteiger charge is 2.14. The summed E-state index contributed by atoms with van der Waals surface area (Å²) in [5.41, 5.74) is 1.18. The minimum atomic E-state index is -0.160. The van der Waals surface area contributed by atoms with Crippen molar-refractivity contribution in [3.05, 3.63) is 18.2 Å². The van der Waals surface area contributed by atoms with Gasteiger partial charge in [-0.25, -0.2) is 0 Å². The van der Waals surface area contributed by atoms with Crippen LogP contribution in [0.15, 0.2) is 18.2 Å². The molecule has 0 bridgehead atoms. The number of nitrogens with one attached hydrogen (secondary N) is 2. The highest BCUT2D eigenvalue weighted by atomic mass is 16.5. The van der Waals surface area contributed by atoms with Crippen molar-refractivity contribution in [2.24, 2.45) is 5.92 Å². The molecule has 2 N–H and O–H groups in total. The van der Waals surface area contributed by atoms with Gasteiger partial charge in [0.05, 0.1) is 12.8 Å². The molecule has 5 nitrogen and oxygen atoms in total. The Labute approximate surface area is 119 Å². The van der Waals surface area contributed by atoms with Crippen LogP contribution in [0.4, 0.5) is 11.4 Å². The van der Waals surface area contributed by atoms with Gasteiger partial charge >= 0.3 is 0 Å². The smallest absolute Gasteiger partial charge is 0.227 e. The zero-order valence-electron chi connectivity index (χ0n) is 12.4. The van der Waals surface area contributed by atoms with Crippen LogP contribution >= 0.6 is 0 Å². The van der Waals surface area contributed by atoms with E-state index in [0.29, 0.717) is 17.1 Å². The minimum Gasteiger partial charge on any atom is -0.495 e. The normalized spacial score (nSPS) is 11.6. The fourth-order valence-corrected chi connectivity index (χ4v) is 1.91. The lowest BCUT2D eigenvalue weighted by molar-refractivity contribution is -0.119. The second kappa shape index (κ2) is 7.53. The van der Waals surface area contributed by atoms with Crippen LogP contribution < -0.4 is 15.4 Å². The van der Waals surface area contributed by atoms with Crippen molar-refractivity contribution < 1.29 is 14.3 Å². The Morgan fingerprint density at radius 2 is 2.00 bits per heavy atom. The van der Waals surface area contributed by atoms with Gasteiger partial charge in [0.25, 0.3) is 0 Å². The van der Waals surface area contributed by atoms with Crippen molar-refractivity contribution in [3.8, 4) is 5.75 Å². The van der Waals surface area contributed by atoms with Crippen molar-refractivity contribution in [2.75, 3.05) is 17.7 Å². The maximum absolute atomic E-state index is 12.1. The molecule has 0 aromatic heterocycles. The Morgan fingerprint density at radius 1 is 1.30 bits per heavy atom. The van der Waals surface area contributed by atoms with E-state index in [-0.39, 0.29) is 17.7 Å². The molecular formula is C15H22N2O3. The van der Waals surface area contributed by atoms with Crippen molar-refractivity contribution in [2.45, 2.75) is 33.6 Å². The lowest BCUT2D eigenvalue weighted by Crippen LogP contribution is -2.20. The first kappa shape index (κ1) is 16.0. The summed E-state index contributed by atoms with van der Waals surface area (Å²) in [5, 5.41) is 5.52. The van der Waals surface area contributed by atoms with Gasteiger partial charge in [-0.15, -0.1) is 0 Å². The maximum Gasteiger partial charge on any atom is 0.227 e. The molecule has 1 rings (SSSR count). The van der Waals surface area contributed by atoms with Gasteiger partial charge in [-0.05, 0) is 24.6 Å². The third kappa shape index (κ3) is 4.57. The van der Waals surface area contributed by atoms with Crippen LogP contribution in [0.25, 0.3) is 0 Å². The molecule has 20 heavy (non-hydrogen) atoms. The predicted molar refractivity (Wildman–Crippen MR) is 80.0 cm³/mol. The van der Waals surface area contributed by atoms with E-state index in [0.717, 1.165) is 12.8 Å². The van der Waals surface area contributed by atoms with Crippen LogP contribution in [-0.2, 0) is 9.59 Å². The van der Waals surface area contributed by atoms with E-state index in [4.69, 9.17) is 4.74 Å². The zero-order valence-corrected chi connectivity index (χ0v) is 12.4. The number of methoxy groups -OCH3 is 1. The minimum absolute atomic E-state index is 0.0508. The number of hydrogen-bond acceptors (Lipinski definition) is 3. The molecule has 0 aliphatic heterocycles. The topological polar surface area (TPSA) is 67.4 Å². The van der Waals surface area contributed by atoms with Gasteiger partial charge in [0.15, 0.2) is 0 Å². The SMILES string of the molecule is CCCC(C)C(=O)Nc1cc(NC(C)=O)ccc1OC. The predicted octanol–water partition coefficient (Wildman–Crippen LogP) is 3.03. The molecule has 0 aliphatic carbocycles. The second-order valence-electron chi connectivity index (χ2n) is 4.78. The summed E-state index contributed by atoms with van der Waals surface area (Å²) >= 11 is 0. The second-order valence-corrected chi connectivity index (χ2v) is 4.78. The molecule has 2 amide bonds. The third-order valence-electron chi connectivity index (χ3n) is 2.95. The number of ether oxygens (including phenoxy) is 1. The summed E-state index contributed by atoms with van der Waals surface area (Å²) in [5.74, 6) is 0.294. The fourth-order valence-electron chi connectivity index (χ4n) is 1.91. The average Bonchev–Trinajstić information content (AvgIpc) is 2.38. The van der Waals surface area contributed by atoms with E-state index in [2.05, 4.69) is 10.6 Å². The molecule has 0 spiro atoms. The molecule has 0 fully saturated rings. The molecule has 1 atom stereocenters. The van der Waals surface area contributed by atoms with E-state index < -0.39 is 0 Å². The van der Waals surface area contributed by atoms with Gasteiger partial charge in [0, 0.05) is 18.5 Å². The lowest BCUT2D eigenvalue weighted by atomic mass is 10.1. The van der Waals surface area contributed by atoms with Crippen LogP contribution in [0, 0.1) is 5.92 Å². The van der Waals surface area contributed by atoms with Gasteiger partial charge in [0.1, 0.15) is 5.75 Å². The van der Waals surface area contributed by atoms with Crippen molar-refractivity contribution in [1.82, 2.24) is 0 Å². The Morgan fingerprint density at radius 3 is 2.55 bits per heavy atom. The molecule has 5 heteroatoms. The van der Waals surface area contributed by atoms with E-state index >= 15 is 0 Å². The number of rotatable bonds is 6. The van der Waals surface area contributed by atoms with Gasteiger partial charge in [-0.3, -0.25) is 9.59 Å². The van der Waals surface area contributed by atoms with Crippen molar-refractivity contribution >= 4 is 23.2 Å². The maximum atomic E-state index is 12.1. The first-order chi connectivity index (χ1) is 9.47. The standard InChI is InChI=1S/C15H22N2O3/c1-5-6-10(2)15(19)17-13-9-12(16-11(3)18)7-8-14(13)20-4/h7-10H,5-6H2,1-4H3,(H,16,18)(H,17,19). The number of carbonyl (C=O) groups is 2. The summed E-state index contributed by atoms with van der Waals surface area (Å²) < 4.78 is 5.22. The quantitative estimate of drug-likeness (QED) is 0.840. The van der Waals surface area contributed by atoms with Crippen LogP contribution in [-0.4, -0.2) is 18.9 Å². The summed E-state index contributed by atoms with van der Waals surface area (Å²) in [6, 6.07) is 5.13. The van der Waals surface area contributed by atoms with Crippen LogP contribution in [0.5, 0.6) is 5.75 Å². The molecule has 1 aromatic rings. The summed E-state index contributed by atoms with van der Waals surface area (Å²) in [6.07, 6.45) is 1.79. The first-order valence-electron chi connectivity index (χ1n) is 6.74. The number of amides is 2. The largest absolute Gasteiger partial charge is 0.495 e. The molecule has 1 unspecified atom stereocenters. The Hall–Kier alpha value is -2.04. The molecular weight excluding hydrogens is 256 g/mol. The van der Waals surface area contributed by atoms with Gasteiger partial charge in [-0.2, -0.15) is 0 Å². The number of carbonyl (C=O) groups excluding carboxylic acids is 2. The van der Waals surface area contributed by atoms with Crippen molar-refractivity contribution in [3.63, 3.8) is 0 Å². The van der Waals surface area contributed by atoms with Gasteiger partial charge in [-0.1, -0.05) is 20.3 Å². The lowest BCUT2D eigenvalue weighted by Gasteiger charge is -2.15. The molecule has 0 saturated carbocycles. The number of benzene rings is 1. The molecule has 1 aromatic carbocycles. The van der Waals surface area contributed by atoms with E-state index in [1.165, 1.54) is 6.92 Å². The molecule has 0 aliphatic rings. The summed E-state index contributed by atoms with van der Waals surface area (Å²) in [4.78, 5) is 23.1. The Balaban J connectivity index is 2.90. The highest BCUT2D eigenvalue weighted by molar-refractivity contribution is 5.95. The highest BCUT2D eigenvalue weighted by Crippen LogP contribution is 2.28. The monoisotopic (exact) mass is 278 g/mol. The zero-order chi connectivity index (χ0) is 15.1. The average molecular weight is 278 g/mol. The number of anilines is 2. The van der Waals surface area contributed by atoms with E-state index in [9.17, 15) is 9.59 Å². The Bertz CT molecular complexity index is 486. The molecule has 110 valence electrons. The molecule has 0 saturated heterocycles. The van der Waals surface area contributed by atoms with E-state index in [1.807, 2.05) is 13.8 Å². The molecule has 0 heterocycles. The van der Waals surface area contributed by atoms with Crippen molar-refractivity contribution in [1.29, 1.82) is 0 Å². The first-order valence-corrected chi connectivity index (χ1v) is 6.74. The summed E-state index contributed by atoms with van der Waals surface area (Å²) in [7, 11) is 1.54. The van der Waals surface area contributed by atoms with Crippen LogP contribution in [0.1, 0.15) is 33.6 Å². The van der Waals surface area contributed by atoms with Crippen LogP contribution in [0.2, 0.25) is 0 Å². The molecule has 0 radical (unpaired) electrons. The number of hydrogen-bond donors (Lipinski definition) is 2. The van der Waals surface area contributed by atoms with Gasteiger partial charge < -0.3 is 15.4 Å².